The fourth-order valence-corrected chi connectivity index (χ4v) is 3.78. The molecule has 2 amide bonds. The number of anilines is 1. The van der Waals surface area contributed by atoms with Crippen LogP contribution in [0.5, 0.6) is 0 Å². The van der Waals surface area contributed by atoms with Crippen molar-refractivity contribution in [3.8, 4) is 0 Å². The van der Waals surface area contributed by atoms with Crippen LogP contribution in [0.15, 0.2) is 90.6 Å². The highest BCUT2D eigenvalue weighted by atomic mass is 35.5. The number of hydrogen-bond donors (Lipinski definition) is 0. The molecule has 0 spiro atoms. The van der Waals surface area contributed by atoms with Crippen LogP contribution in [0.3, 0.4) is 0 Å². The molecule has 0 unspecified atom stereocenters. The molecular formula is C25H21ClN2O2. The summed E-state index contributed by atoms with van der Waals surface area (Å²) in [7, 11) is 0. The lowest BCUT2D eigenvalue weighted by molar-refractivity contribution is -0.120. The van der Waals surface area contributed by atoms with Crippen molar-refractivity contribution in [3.05, 3.63) is 107 Å². The monoisotopic (exact) mass is 416 g/mol. The number of nitrogens with zero attached hydrogens (tertiary/aromatic N) is 2. The number of carbonyl (C=O) groups is 2. The Bertz CT molecular complexity index is 1090. The third kappa shape index (κ3) is 3.74. The minimum absolute atomic E-state index is 0.311. The van der Waals surface area contributed by atoms with Gasteiger partial charge in [-0.3, -0.25) is 9.59 Å². The van der Waals surface area contributed by atoms with Gasteiger partial charge in [0.25, 0.3) is 11.8 Å². The molecule has 0 aromatic heterocycles. The average molecular weight is 417 g/mol. The normalized spacial score (nSPS) is 13.9. The molecule has 0 atom stereocenters. The predicted molar refractivity (Wildman–Crippen MR) is 120 cm³/mol. The maximum Gasteiger partial charge on any atom is 0.282 e. The molecule has 1 heterocycles. The molecule has 150 valence electrons. The largest absolute Gasteiger partial charge is 0.362 e. The van der Waals surface area contributed by atoms with Gasteiger partial charge in [-0.15, -0.1) is 0 Å². The van der Waals surface area contributed by atoms with Gasteiger partial charge in [-0.25, -0.2) is 4.90 Å². The lowest BCUT2D eigenvalue weighted by atomic mass is 10.0. The van der Waals surface area contributed by atoms with Gasteiger partial charge in [-0.05, 0) is 42.3 Å². The van der Waals surface area contributed by atoms with Crippen molar-refractivity contribution in [2.24, 2.45) is 0 Å². The Morgan fingerprint density at radius 1 is 0.800 bits per heavy atom. The summed E-state index contributed by atoms with van der Waals surface area (Å²) in [6.45, 7) is 3.10. The first kappa shape index (κ1) is 19.9. The number of rotatable bonds is 6. The second-order valence-corrected chi connectivity index (χ2v) is 7.45. The average Bonchev–Trinajstić information content (AvgIpc) is 3.04. The first-order chi connectivity index (χ1) is 14.6. The summed E-state index contributed by atoms with van der Waals surface area (Å²) in [5.74, 6) is -0.635. The molecule has 5 heteroatoms. The minimum atomic E-state index is -0.324. The summed E-state index contributed by atoms with van der Waals surface area (Å²) < 4.78 is 0. The molecule has 4 rings (SSSR count). The highest BCUT2D eigenvalue weighted by molar-refractivity contribution is 6.45. The van der Waals surface area contributed by atoms with Crippen LogP contribution in [0, 0.1) is 0 Å². The van der Waals surface area contributed by atoms with Crippen molar-refractivity contribution in [3.63, 3.8) is 0 Å². The summed E-state index contributed by atoms with van der Waals surface area (Å²) in [5, 5.41) is 0.578. The fraction of sp³-hybridized carbons (Fsp3) is 0.120. The number of amides is 2. The van der Waals surface area contributed by atoms with Crippen LogP contribution in [-0.2, 0) is 16.1 Å². The maximum absolute atomic E-state index is 13.5. The summed E-state index contributed by atoms with van der Waals surface area (Å²) >= 11 is 6.05. The molecule has 0 saturated carbocycles. The zero-order valence-electron chi connectivity index (χ0n) is 16.6. The Hall–Kier alpha value is -3.37. The number of imide groups is 1. The van der Waals surface area contributed by atoms with E-state index in [2.05, 4.69) is 0 Å². The third-order valence-electron chi connectivity index (χ3n) is 5.12. The molecule has 30 heavy (non-hydrogen) atoms. The number of carbonyl (C=O) groups excluding carboxylic acids is 2. The minimum Gasteiger partial charge on any atom is -0.362 e. The van der Waals surface area contributed by atoms with Crippen molar-refractivity contribution in [1.29, 1.82) is 0 Å². The van der Waals surface area contributed by atoms with Gasteiger partial charge in [-0.2, -0.15) is 0 Å². The molecule has 3 aromatic carbocycles. The van der Waals surface area contributed by atoms with Crippen molar-refractivity contribution in [2.75, 3.05) is 11.4 Å². The smallest absolute Gasteiger partial charge is 0.282 e. The van der Waals surface area contributed by atoms with Crippen LogP contribution >= 0.6 is 11.6 Å². The van der Waals surface area contributed by atoms with Crippen LogP contribution in [-0.4, -0.2) is 23.3 Å². The van der Waals surface area contributed by atoms with Gasteiger partial charge < -0.3 is 4.90 Å². The van der Waals surface area contributed by atoms with E-state index in [9.17, 15) is 9.59 Å². The van der Waals surface area contributed by atoms with Crippen LogP contribution in [0.4, 0.5) is 5.69 Å². The number of likely N-dealkylation sites (N-methyl/N-ethyl adjacent to an activating group) is 1. The van der Waals surface area contributed by atoms with Gasteiger partial charge in [-0.1, -0.05) is 72.3 Å². The standard InChI is InChI=1S/C25H21ClN2O2/c1-2-27(17-18-9-5-3-6-10-18)23-22(19-13-15-20(26)16-14-19)24(29)28(25(23)30)21-11-7-4-8-12-21/h3-16H,2,17H2,1H3. The molecule has 4 nitrogen and oxygen atoms in total. The topological polar surface area (TPSA) is 40.6 Å². The summed E-state index contributed by atoms with van der Waals surface area (Å²) in [6, 6.07) is 26.0. The Balaban J connectivity index is 1.83. The van der Waals surface area contributed by atoms with E-state index in [1.54, 1.807) is 36.4 Å². The predicted octanol–water partition coefficient (Wildman–Crippen LogP) is 5.15. The van der Waals surface area contributed by atoms with Crippen molar-refractivity contribution < 1.29 is 9.59 Å². The molecule has 0 radical (unpaired) electrons. The molecular weight excluding hydrogens is 396 g/mol. The zero-order chi connectivity index (χ0) is 21.1. The van der Waals surface area contributed by atoms with E-state index in [-0.39, 0.29) is 11.8 Å². The Morgan fingerprint density at radius 3 is 2.00 bits per heavy atom. The maximum atomic E-state index is 13.5. The van der Waals surface area contributed by atoms with Gasteiger partial charge in [0.15, 0.2) is 0 Å². The Labute approximate surface area is 181 Å². The molecule has 0 bridgehead atoms. The molecule has 0 saturated heterocycles. The van der Waals surface area contributed by atoms with Crippen LogP contribution in [0.25, 0.3) is 5.57 Å². The van der Waals surface area contributed by atoms with E-state index in [1.807, 2.05) is 60.4 Å². The van der Waals surface area contributed by atoms with E-state index in [4.69, 9.17) is 11.6 Å². The zero-order valence-corrected chi connectivity index (χ0v) is 17.3. The van der Waals surface area contributed by atoms with Crippen LogP contribution in [0.2, 0.25) is 5.02 Å². The molecule has 0 aliphatic carbocycles. The van der Waals surface area contributed by atoms with E-state index in [1.165, 1.54) is 4.90 Å². The van der Waals surface area contributed by atoms with E-state index < -0.39 is 0 Å². The van der Waals surface area contributed by atoms with Crippen LogP contribution < -0.4 is 4.90 Å². The second kappa shape index (κ2) is 8.56. The lowest BCUT2D eigenvalue weighted by Crippen LogP contribution is -2.35. The van der Waals surface area contributed by atoms with Crippen molar-refractivity contribution in [1.82, 2.24) is 4.90 Å². The molecule has 0 fully saturated rings. The SMILES string of the molecule is CCN(Cc1ccccc1)C1=C(c2ccc(Cl)cc2)C(=O)N(c2ccccc2)C1=O. The molecule has 3 aromatic rings. The highest BCUT2D eigenvalue weighted by Gasteiger charge is 2.42. The number of hydrogen-bond acceptors (Lipinski definition) is 3. The van der Waals surface area contributed by atoms with Gasteiger partial charge in [0, 0.05) is 18.1 Å². The Morgan fingerprint density at radius 2 is 1.40 bits per heavy atom. The van der Waals surface area contributed by atoms with E-state index in [0.29, 0.717) is 40.6 Å². The fourth-order valence-electron chi connectivity index (χ4n) is 3.65. The van der Waals surface area contributed by atoms with Crippen molar-refractivity contribution >= 4 is 34.7 Å². The van der Waals surface area contributed by atoms with Gasteiger partial charge in [0.05, 0.1) is 11.3 Å². The van der Waals surface area contributed by atoms with E-state index in [0.717, 1.165) is 5.56 Å². The van der Waals surface area contributed by atoms with Crippen LogP contribution in [0.1, 0.15) is 18.1 Å². The van der Waals surface area contributed by atoms with Gasteiger partial charge in [0.2, 0.25) is 0 Å². The first-order valence-electron chi connectivity index (χ1n) is 9.83. The number of para-hydroxylation sites is 1. The summed E-state index contributed by atoms with van der Waals surface area (Å²) in [4.78, 5) is 30.2. The quantitative estimate of drug-likeness (QED) is 0.522. The number of benzene rings is 3. The highest BCUT2D eigenvalue weighted by Crippen LogP contribution is 2.35. The molecule has 0 N–H and O–H groups in total. The van der Waals surface area contributed by atoms with Gasteiger partial charge >= 0.3 is 0 Å². The summed E-state index contributed by atoms with van der Waals surface area (Å²) in [5.41, 5.74) is 3.12. The third-order valence-corrected chi connectivity index (χ3v) is 5.37. The lowest BCUT2D eigenvalue weighted by Gasteiger charge is -2.25. The molecule has 1 aliphatic heterocycles. The van der Waals surface area contributed by atoms with Crippen molar-refractivity contribution in [2.45, 2.75) is 13.5 Å². The summed E-state index contributed by atoms with van der Waals surface area (Å²) in [6.07, 6.45) is 0. The molecule has 1 aliphatic rings. The number of halogens is 1. The Kier molecular flexibility index (Phi) is 5.68. The second-order valence-electron chi connectivity index (χ2n) is 7.01. The van der Waals surface area contributed by atoms with E-state index >= 15 is 0 Å². The van der Waals surface area contributed by atoms with Gasteiger partial charge in [0.1, 0.15) is 5.70 Å². The first-order valence-corrected chi connectivity index (χ1v) is 10.2.